The summed E-state index contributed by atoms with van der Waals surface area (Å²) in [6.45, 7) is 5.42. The van der Waals surface area contributed by atoms with Crippen molar-refractivity contribution in [1.29, 1.82) is 0 Å². The van der Waals surface area contributed by atoms with E-state index in [-0.39, 0.29) is 22.0 Å². The van der Waals surface area contributed by atoms with E-state index in [9.17, 15) is 13.2 Å². The van der Waals surface area contributed by atoms with E-state index in [1.807, 2.05) is 19.1 Å². The first-order chi connectivity index (χ1) is 13.8. The van der Waals surface area contributed by atoms with Gasteiger partial charge in [0.05, 0.1) is 4.34 Å². The van der Waals surface area contributed by atoms with Crippen molar-refractivity contribution in [2.75, 3.05) is 13.1 Å². The third kappa shape index (κ3) is 5.40. The van der Waals surface area contributed by atoms with E-state index in [1.54, 1.807) is 12.1 Å². The van der Waals surface area contributed by atoms with E-state index in [4.69, 9.17) is 11.6 Å². The van der Waals surface area contributed by atoms with Crippen molar-refractivity contribution in [3.8, 4) is 0 Å². The number of amides is 1. The van der Waals surface area contributed by atoms with Crippen LogP contribution in [0, 0.1) is 11.8 Å². The van der Waals surface area contributed by atoms with Crippen LogP contribution >= 0.6 is 22.9 Å². The number of thiophene rings is 1. The normalized spacial score (nSPS) is 17.2. The number of nitrogens with one attached hydrogen (secondary N) is 1. The average Bonchev–Trinajstić information content (AvgIpc) is 3.19. The summed E-state index contributed by atoms with van der Waals surface area (Å²) in [7, 11) is -3.50. The van der Waals surface area contributed by atoms with E-state index < -0.39 is 10.0 Å². The standard InChI is InChI=1S/C21H27ClN2O3S2/c1-3-16-4-6-17(7-5-16)14-23-21(25)15(2)18-10-12-24(13-11-18)29(26,27)20-9-8-19(22)28-20/h4-9,15,18H,3,10-14H2,1-2H3,(H,23,25)/t15-/m0/s1. The van der Waals surface area contributed by atoms with E-state index in [0.717, 1.165) is 23.3 Å². The van der Waals surface area contributed by atoms with E-state index in [2.05, 4.69) is 24.4 Å². The topological polar surface area (TPSA) is 66.5 Å². The number of carbonyl (C=O) groups excluding carboxylic acids is 1. The molecule has 2 aromatic rings. The van der Waals surface area contributed by atoms with E-state index in [0.29, 0.717) is 36.8 Å². The van der Waals surface area contributed by atoms with Gasteiger partial charge >= 0.3 is 0 Å². The number of nitrogens with zero attached hydrogens (tertiary/aromatic N) is 1. The molecule has 1 atom stereocenters. The maximum atomic E-state index is 12.7. The Kier molecular flexibility index (Phi) is 7.37. The van der Waals surface area contributed by atoms with Crippen LogP contribution in [0.2, 0.25) is 4.34 Å². The fourth-order valence-electron chi connectivity index (χ4n) is 3.64. The zero-order valence-electron chi connectivity index (χ0n) is 16.7. The van der Waals surface area contributed by atoms with Crippen molar-refractivity contribution in [3.63, 3.8) is 0 Å². The zero-order valence-corrected chi connectivity index (χ0v) is 19.1. The Bertz CT molecular complexity index is 933. The fraction of sp³-hybridized carbons (Fsp3) is 0.476. The molecule has 0 saturated carbocycles. The number of halogens is 1. The summed E-state index contributed by atoms with van der Waals surface area (Å²) in [4.78, 5) is 12.6. The second kappa shape index (κ2) is 9.60. The molecule has 0 bridgehead atoms. The average molecular weight is 455 g/mol. The number of rotatable bonds is 7. The van der Waals surface area contributed by atoms with Crippen molar-refractivity contribution in [2.45, 2.75) is 43.9 Å². The highest BCUT2D eigenvalue weighted by Crippen LogP contribution is 2.32. The molecule has 29 heavy (non-hydrogen) atoms. The van der Waals surface area contributed by atoms with Gasteiger partial charge in [-0.3, -0.25) is 4.79 Å². The number of piperidine rings is 1. The largest absolute Gasteiger partial charge is 0.352 e. The van der Waals surface area contributed by atoms with Gasteiger partial charge in [0.1, 0.15) is 4.21 Å². The predicted octanol–water partition coefficient (Wildman–Crippen LogP) is 4.32. The minimum atomic E-state index is -3.50. The lowest BCUT2D eigenvalue weighted by Crippen LogP contribution is -2.42. The Morgan fingerprint density at radius 2 is 1.79 bits per heavy atom. The molecule has 1 amide bonds. The molecule has 1 aliphatic heterocycles. The van der Waals surface area contributed by atoms with Crippen LogP contribution < -0.4 is 5.32 Å². The van der Waals surface area contributed by atoms with Crippen LogP contribution in [0.1, 0.15) is 37.8 Å². The van der Waals surface area contributed by atoms with Gasteiger partial charge in [0.2, 0.25) is 5.91 Å². The van der Waals surface area contributed by atoms with Crippen molar-refractivity contribution < 1.29 is 13.2 Å². The molecule has 8 heteroatoms. The molecular weight excluding hydrogens is 428 g/mol. The Hall–Kier alpha value is -1.41. The smallest absolute Gasteiger partial charge is 0.252 e. The minimum absolute atomic E-state index is 0.0240. The highest BCUT2D eigenvalue weighted by molar-refractivity contribution is 7.91. The fourth-order valence-corrected chi connectivity index (χ4v) is 6.74. The van der Waals surface area contributed by atoms with Crippen molar-refractivity contribution >= 4 is 38.9 Å². The molecule has 0 radical (unpaired) electrons. The second-order valence-electron chi connectivity index (χ2n) is 7.48. The number of hydrogen-bond acceptors (Lipinski definition) is 4. The zero-order chi connectivity index (χ0) is 21.0. The van der Waals surface area contributed by atoms with Gasteiger partial charge in [0.25, 0.3) is 10.0 Å². The summed E-state index contributed by atoms with van der Waals surface area (Å²) in [6, 6.07) is 11.4. The number of benzene rings is 1. The SMILES string of the molecule is CCc1ccc(CNC(=O)[C@@H](C)C2CCN(S(=O)(=O)c3ccc(Cl)s3)CC2)cc1. The molecule has 5 nitrogen and oxygen atoms in total. The number of hydrogen-bond donors (Lipinski definition) is 1. The molecule has 0 unspecified atom stereocenters. The maximum Gasteiger partial charge on any atom is 0.252 e. The lowest BCUT2D eigenvalue weighted by atomic mass is 9.85. The Morgan fingerprint density at radius 3 is 2.34 bits per heavy atom. The van der Waals surface area contributed by atoms with Gasteiger partial charge in [0.15, 0.2) is 0 Å². The number of sulfonamides is 1. The summed E-state index contributed by atoms with van der Waals surface area (Å²) >= 11 is 6.96. The number of carbonyl (C=O) groups is 1. The van der Waals surface area contributed by atoms with Gasteiger partial charge in [-0.1, -0.05) is 49.7 Å². The van der Waals surface area contributed by atoms with Crippen LogP contribution in [0.3, 0.4) is 0 Å². The van der Waals surface area contributed by atoms with E-state index >= 15 is 0 Å². The lowest BCUT2D eigenvalue weighted by Gasteiger charge is -2.33. The van der Waals surface area contributed by atoms with Gasteiger partial charge < -0.3 is 5.32 Å². The monoisotopic (exact) mass is 454 g/mol. The molecule has 1 aromatic carbocycles. The quantitative estimate of drug-likeness (QED) is 0.677. The van der Waals surface area contributed by atoms with Crippen LogP contribution in [0.5, 0.6) is 0 Å². The molecule has 1 aliphatic rings. The van der Waals surface area contributed by atoms with Gasteiger partial charge in [-0.2, -0.15) is 4.31 Å². The van der Waals surface area contributed by atoms with Gasteiger partial charge in [-0.25, -0.2) is 8.42 Å². The molecule has 1 fully saturated rings. The first kappa shape index (κ1) is 22.3. The van der Waals surface area contributed by atoms with Crippen molar-refractivity contribution in [1.82, 2.24) is 9.62 Å². The highest BCUT2D eigenvalue weighted by Gasteiger charge is 2.34. The van der Waals surface area contributed by atoms with Gasteiger partial charge in [-0.05, 0) is 48.4 Å². The van der Waals surface area contributed by atoms with Gasteiger partial charge in [0, 0.05) is 25.6 Å². The molecule has 1 aromatic heterocycles. The number of aryl methyl sites for hydroxylation is 1. The highest BCUT2D eigenvalue weighted by atomic mass is 35.5. The summed E-state index contributed by atoms with van der Waals surface area (Å²) < 4.78 is 27.7. The minimum Gasteiger partial charge on any atom is -0.352 e. The molecule has 158 valence electrons. The Morgan fingerprint density at radius 1 is 1.17 bits per heavy atom. The van der Waals surface area contributed by atoms with Crippen molar-refractivity contribution in [3.05, 3.63) is 51.9 Å². The first-order valence-corrected chi connectivity index (χ1v) is 12.6. The predicted molar refractivity (Wildman–Crippen MR) is 118 cm³/mol. The Labute approximate surface area is 182 Å². The maximum absolute atomic E-state index is 12.7. The van der Waals surface area contributed by atoms with Crippen LogP contribution in [-0.2, 0) is 27.8 Å². The second-order valence-corrected chi connectivity index (χ2v) is 11.4. The van der Waals surface area contributed by atoms with Crippen molar-refractivity contribution in [2.24, 2.45) is 11.8 Å². The molecule has 3 rings (SSSR count). The molecule has 2 heterocycles. The molecule has 1 N–H and O–H groups in total. The van der Waals surface area contributed by atoms with Crippen LogP contribution in [0.4, 0.5) is 0 Å². The molecule has 0 spiro atoms. The summed E-state index contributed by atoms with van der Waals surface area (Å²) in [5.74, 6) is 0.0534. The van der Waals surface area contributed by atoms with Gasteiger partial charge in [-0.15, -0.1) is 11.3 Å². The van der Waals surface area contributed by atoms with Crippen LogP contribution in [-0.4, -0.2) is 31.7 Å². The first-order valence-electron chi connectivity index (χ1n) is 9.92. The molecular formula is C21H27ClN2O3S2. The Balaban J connectivity index is 1.51. The third-order valence-electron chi connectivity index (χ3n) is 5.66. The van der Waals surface area contributed by atoms with Crippen LogP contribution in [0.25, 0.3) is 0 Å². The van der Waals surface area contributed by atoms with Crippen LogP contribution in [0.15, 0.2) is 40.6 Å². The third-order valence-corrected chi connectivity index (χ3v) is 9.26. The molecule has 0 aliphatic carbocycles. The summed E-state index contributed by atoms with van der Waals surface area (Å²) in [5, 5.41) is 3.02. The summed E-state index contributed by atoms with van der Waals surface area (Å²) in [5.41, 5.74) is 2.36. The molecule has 1 saturated heterocycles. The van der Waals surface area contributed by atoms with E-state index in [1.165, 1.54) is 9.87 Å². The lowest BCUT2D eigenvalue weighted by molar-refractivity contribution is -0.126. The summed E-state index contributed by atoms with van der Waals surface area (Å²) in [6.07, 6.45) is 2.36.